The highest BCUT2D eigenvalue weighted by Gasteiger charge is 2.29. The first-order valence-electron chi connectivity index (χ1n) is 6.97. The zero-order chi connectivity index (χ0) is 14.4. The number of likely N-dealkylation sites (N-methyl/N-ethyl adjacent to an activating group) is 1. The summed E-state index contributed by atoms with van der Waals surface area (Å²) < 4.78 is 5.43. The van der Waals surface area contributed by atoms with Crippen LogP contribution in [0.2, 0.25) is 0 Å². The summed E-state index contributed by atoms with van der Waals surface area (Å²) in [7, 11) is 1.85. The van der Waals surface area contributed by atoms with Crippen LogP contribution in [-0.2, 0) is 16.1 Å². The van der Waals surface area contributed by atoms with Gasteiger partial charge in [-0.3, -0.25) is 9.69 Å². The van der Waals surface area contributed by atoms with Gasteiger partial charge in [-0.25, -0.2) is 4.98 Å². The summed E-state index contributed by atoms with van der Waals surface area (Å²) in [5.74, 6) is 0.863. The molecule has 6 heteroatoms. The Kier molecular flexibility index (Phi) is 5.31. The number of rotatable bonds is 5. The van der Waals surface area contributed by atoms with Crippen LogP contribution >= 0.6 is 0 Å². The molecule has 0 aromatic carbocycles. The van der Waals surface area contributed by atoms with E-state index in [-0.39, 0.29) is 11.9 Å². The van der Waals surface area contributed by atoms with Crippen molar-refractivity contribution in [3.05, 3.63) is 23.9 Å². The molecule has 2 N–H and O–H groups in total. The van der Waals surface area contributed by atoms with Crippen LogP contribution in [0.1, 0.15) is 12.6 Å². The van der Waals surface area contributed by atoms with Crippen LogP contribution in [0, 0.1) is 0 Å². The van der Waals surface area contributed by atoms with Gasteiger partial charge in [0, 0.05) is 26.7 Å². The lowest BCUT2D eigenvalue weighted by molar-refractivity contribution is -0.132. The minimum atomic E-state index is -0.233. The Bertz CT molecular complexity index is 453. The van der Waals surface area contributed by atoms with Gasteiger partial charge in [-0.1, -0.05) is 6.07 Å². The Morgan fingerprint density at radius 2 is 2.40 bits per heavy atom. The van der Waals surface area contributed by atoms with Gasteiger partial charge in [-0.05, 0) is 19.1 Å². The molecule has 110 valence electrons. The molecule has 20 heavy (non-hydrogen) atoms. The molecular formula is C14H22N4O2. The van der Waals surface area contributed by atoms with E-state index in [9.17, 15) is 4.79 Å². The summed E-state index contributed by atoms with van der Waals surface area (Å²) >= 11 is 0. The van der Waals surface area contributed by atoms with E-state index >= 15 is 0 Å². The number of hydrogen-bond acceptors (Lipinski definition) is 5. The van der Waals surface area contributed by atoms with Gasteiger partial charge in [-0.15, -0.1) is 0 Å². The van der Waals surface area contributed by atoms with Gasteiger partial charge in [0.2, 0.25) is 5.91 Å². The molecule has 1 unspecified atom stereocenters. The molecular weight excluding hydrogens is 256 g/mol. The van der Waals surface area contributed by atoms with Gasteiger partial charge in [0.25, 0.3) is 0 Å². The smallest absolute Gasteiger partial charge is 0.239 e. The minimum Gasteiger partial charge on any atom is -0.378 e. The Balaban J connectivity index is 2.06. The summed E-state index contributed by atoms with van der Waals surface area (Å²) in [4.78, 5) is 18.7. The molecule has 2 heterocycles. The largest absolute Gasteiger partial charge is 0.378 e. The first-order valence-corrected chi connectivity index (χ1v) is 6.97. The summed E-state index contributed by atoms with van der Waals surface area (Å²) in [6.45, 7) is 5.05. The van der Waals surface area contributed by atoms with Crippen molar-refractivity contribution in [1.29, 1.82) is 0 Å². The summed E-state index contributed by atoms with van der Waals surface area (Å²) in [5, 5.41) is 5.89. The number of nitrogens with zero attached hydrogens (tertiary/aromatic N) is 2. The molecule has 6 nitrogen and oxygen atoms in total. The number of hydrogen-bond donors (Lipinski definition) is 2. The number of nitrogens with one attached hydrogen (secondary N) is 2. The number of carbonyl (C=O) groups is 1. The van der Waals surface area contributed by atoms with E-state index in [0.29, 0.717) is 26.3 Å². The molecule has 0 bridgehead atoms. The molecule has 1 aliphatic rings. The average molecular weight is 278 g/mol. The fraction of sp³-hybridized carbons (Fsp3) is 0.571. The van der Waals surface area contributed by atoms with E-state index in [0.717, 1.165) is 18.1 Å². The molecule has 1 amide bonds. The fourth-order valence-electron chi connectivity index (χ4n) is 2.28. The third-order valence-corrected chi connectivity index (χ3v) is 3.32. The predicted molar refractivity (Wildman–Crippen MR) is 77.5 cm³/mol. The van der Waals surface area contributed by atoms with E-state index in [1.165, 1.54) is 0 Å². The van der Waals surface area contributed by atoms with E-state index in [4.69, 9.17) is 4.74 Å². The first kappa shape index (κ1) is 14.7. The molecule has 1 aromatic rings. The van der Waals surface area contributed by atoms with Crippen LogP contribution in [0.5, 0.6) is 0 Å². The van der Waals surface area contributed by atoms with Crippen molar-refractivity contribution in [1.82, 2.24) is 15.2 Å². The molecule has 1 fully saturated rings. The van der Waals surface area contributed by atoms with Gasteiger partial charge < -0.3 is 15.4 Å². The highest BCUT2D eigenvalue weighted by Crippen LogP contribution is 2.13. The monoisotopic (exact) mass is 278 g/mol. The number of morpholine rings is 1. The maximum atomic E-state index is 12.1. The van der Waals surface area contributed by atoms with Crippen molar-refractivity contribution in [2.75, 3.05) is 38.7 Å². The van der Waals surface area contributed by atoms with Crippen molar-refractivity contribution in [2.24, 2.45) is 0 Å². The molecule has 1 atom stereocenters. The van der Waals surface area contributed by atoms with Crippen molar-refractivity contribution < 1.29 is 9.53 Å². The number of carbonyl (C=O) groups excluding carboxylic acids is 1. The lowest BCUT2D eigenvalue weighted by Crippen LogP contribution is -2.53. The number of ether oxygens (including phenoxy) is 1. The topological polar surface area (TPSA) is 66.5 Å². The van der Waals surface area contributed by atoms with Crippen LogP contribution in [0.4, 0.5) is 5.82 Å². The summed E-state index contributed by atoms with van der Waals surface area (Å²) in [6.07, 6.45) is 0. The lowest BCUT2D eigenvalue weighted by Gasteiger charge is -2.34. The zero-order valence-electron chi connectivity index (χ0n) is 12.1. The maximum Gasteiger partial charge on any atom is 0.239 e. The Morgan fingerprint density at radius 3 is 3.15 bits per heavy atom. The van der Waals surface area contributed by atoms with Crippen LogP contribution in [0.15, 0.2) is 18.2 Å². The molecule has 0 spiro atoms. The number of aromatic nitrogens is 1. The maximum absolute atomic E-state index is 12.1. The predicted octanol–water partition coefficient (Wildman–Crippen LogP) is 0.460. The van der Waals surface area contributed by atoms with Crippen LogP contribution < -0.4 is 10.6 Å². The second-order valence-electron chi connectivity index (χ2n) is 4.72. The SMILES string of the molecule is CCNC(=O)C1COCCN1Cc1cccc(NC)n1. The van der Waals surface area contributed by atoms with E-state index < -0.39 is 0 Å². The fourth-order valence-corrected chi connectivity index (χ4v) is 2.28. The number of anilines is 1. The highest BCUT2D eigenvalue weighted by molar-refractivity contribution is 5.81. The highest BCUT2D eigenvalue weighted by atomic mass is 16.5. The Morgan fingerprint density at radius 1 is 1.55 bits per heavy atom. The van der Waals surface area contributed by atoms with Gasteiger partial charge in [0.05, 0.1) is 18.9 Å². The molecule has 1 saturated heterocycles. The van der Waals surface area contributed by atoms with Gasteiger partial charge in [0.1, 0.15) is 11.9 Å². The molecule has 1 aliphatic heterocycles. The van der Waals surface area contributed by atoms with Crippen molar-refractivity contribution in [3.8, 4) is 0 Å². The zero-order valence-corrected chi connectivity index (χ0v) is 12.1. The van der Waals surface area contributed by atoms with E-state index in [1.807, 2.05) is 32.2 Å². The third-order valence-electron chi connectivity index (χ3n) is 3.32. The second-order valence-corrected chi connectivity index (χ2v) is 4.72. The van der Waals surface area contributed by atoms with Gasteiger partial charge >= 0.3 is 0 Å². The number of pyridine rings is 1. The second kappa shape index (κ2) is 7.21. The molecule has 0 aliphatic carbocycles. The third kappa shape index (κ3) is 3.68. The van der Waals surface area contributed by atoms with Crippen LogP contribution in [0.25, 0.3) is 0 Å². The molecule has 2 rings (SSSR count). The first-order chi connectivity index (χ1) is 9.74. The Labute approximate surface area is 119 Å². The quantitative estimate of drug-likeness (QED) is 0.819. The van der Waals surface area contributed by atoms with Crippen molar-refractivity contribution >= 4 is 11.7 Å². The van der Waals surface area contributed by atoms with Crippen LogP contribution in [-0.4, -0.2) is 55.2 Å². The van der Waals surface area contributed by atoms with Gasteiger partial charge in [-0.2, -0.15) is 0 Å². The lowest BCUT2D eigenvalue weighted by atomic mass is 10.2. The standard InChI is InChI=1S/C14H22N4O2/c1-3-16-14(19)12-10-20-8-7-18(12)9-11-5-4-6-13(15-2)17-11/h4-6,12H,3,7-10H2,1-2H3,(H,15,17)(H,16,19). The molecule has 1 aromatic heterocycles. The van der Waals surface area contributed by atoms with Crippen molar-refractivity contribution in [2.45, 2.75) is 19.5 Å². The van der Waals surface area contributed by atoms with Gasteiger partial charge in [0.15, 0.2) is 0 Å². The summed E-state index contributed by atoms with van der Waals surface area (Å²) in [6, 6.07) is 5.63. The van der Waals surface area contributed by atoms with Crippen molar-refractivity contribution in [3.63, 3.8) is 0 Å². The minimum absolute atomic E-state index is 0.0250. The van der Waals surface area contributed by atoms with E-state index in [2.05, 4.69) is 20.5 Å². The van der Waals surface area contributed by atoms with E-state index in [1.54, 1.807) is 0 Å². The van der Waals surface area contributed by atoms with Crippen LogP contribution in [0.3, 0.4) is 0 Å². The molecule has 0 saturated carbocycles. The summed E-state index contributed by atoms with van der Waals surface area (Å²) in [5.41, 5.74) is 0.952. The normalized spacial score (nSPS) is 19.6. The molecule has 0 radical (unpaired) electrons. The Hall–Kier alpha value is -1.66. The average Bonchev–Trinajstić information content (AvgIpc) is 2.48. The number of amides is 1.